The maximum atomic E-state index is 13.0. The van der Waals surface area contributed by atoms with Crippen LogP contribution in [0.1, 0.15) is 32.6 Å². The first-order valence-corrected chi connectivity index (χ1v) is 11.5. The number of nitrogens with one attached hydrogen (secondary N) is 1. The molecule has 0 saturated heterocycles. The molecule has 0 bridgehead atoms. The lowest BCUT2D eigenvalue weighted by atomic mass is 10.1. The number of thiophene rings is 2. The van der Waals surface area contributed by atoms with Gasteiger partial charge in [0.25, 0.3) is 5.91 Å². The highest BCUT2D eigenvalue weighted by Gasteiger charge is 2.34. The standard InChI is InChI=1S/C22H21N3O4S2/c26-10-9-23-16-6-2-1-5-15(16)22(28)29-14-21(27)25-18(20-8-4-12-31-20)13-17(24-25)19-7-3-11-30-19/h1-8,11-12,18,23,26H,9-10,13-14H2. The molecule has 9 heteroatoms. The highest BCUT2D eigenvalue weighted by molar-refractivity contribution is 7.12. The van der Waals surface area contributed by atoms with E-state index in [1.807, 2.05) is 35.0 Å². The van der Waals surface area contributed by atoms with E-state index in [9.17, 15) is 9.59 Å². The van der Waals surface area contributed by atoms with Crippen LogP contribution in [0.4, 0.5) is 5.69 Å². The second kappa shape index (κ2) is 9.86. The normalized spacial score (nSPS) is 15.6. The van der Waals surface area contributed by atoms with E-state index in [4.69, 9.17) is 9.84 Å². The van der Waals surface area contributed by atoms with Crippen molar-refractivity contribution in [2.24, 2.45) is 5.10 Å². The monoisotopic (exact) mass is 455 g/mol. The summed E-state index contributed by atoms with van der Waals surface area (Å²) < 4.78 is 5.32. The molecule has 7 nitrogen and oxygen atoms in total. The van der Waals surface area contributed by atoms with E-state index >= 15 is 0 Å². The second-order valence-corrected chi connectivity index (χ2v) is 8.70. The van der Waals surface area contributed by atoms with Crippen LogP contribution in [0.15, 0.2) is 64.4 Å². The molecule has 160 valence electrons. The molecule has 2 N–H and O–H groups in total. The summed E-state index contributed by atoms with van der Waals surface area (Å²) in [5, 5.41) is 21.9. The number of hydrogen-bond acceptors (Lipinski definition) is 8. The van der Waals surface area contributed by atoms with Gasteiger partial charge >= 0.3 is 5.97 Å². The van der Waals surface area contributed by atoms with Crippen LogP contribution in [-0.2, 0) is 9.53 Å². The number of hydrogen-bond donors (Lipinski definition) is 2. The van der Waals surface area contributed by atoms with Gasteiger partial charge < -0.3 is 15.2 Å². The average Bonchev–Trinajstić information content (AvgIpc) is 3.56. The van der Waals surface area contributed by atoms with Gasteiger partial charge in [-0.1, -0.05) is 24.3 Å². The predicted octanol–water partition coefficient (Wildman–Crippen LogP) is 3.75. The minimum Gasteiger partial charge on any atom is -0.452 e. The Morgan fingerprint density at radius 2 is 1.94 bits per heavy atom. The molecular formula is C22H21N3O4S2. The lowest BCUT2D eigenvalue weighted by molar-refractivity contribution is -0.136. The van der Waals surface area contributed by atoms with Crippen LogP contribution in [-0.4, -0.2) is 47.5 Å². The van der Waals surface area contributed by atoms with Crippen LogP contribution in [0.5, 0.6) is 0 Å². The maximum Gasteiger partial charge on any atom is 0.340 e. The summed E-state index contributed by atoms with van der Waals surface area (Å²) in [4.78, 5) is 27.6. The lowest BCUT2D eigenvalue weighted by Crippen LogP contribution is -2.31. The molecule has 0 saturated carbocycles. The van der Waals surface area contributed by atoms with Crippen molar-refractivity contribution in [3.63, 3.8) is 0 Å². The minimum atomic E-state index is -0.608. The van der Waals surface area contributed by atoms with Crippen molar-refractivity contribution in [1.29, 1.82) is 0 Å². The van der Waals surface area contributed by atoms with E-state index in [-0.39, 0.29) is 18.6 Å². The number of aliphatic hydroxyl groups excluding tert-OH is 1. The van der Waals surface area contributed by atoms with E-state index in [2.05, 4.69) is 10.4 Å². The highest BCUT2D eigenvalue weighted by Crippen LogP contribution is 2.36. The average molecular weight is 456 g/mol. The molecule has 31 heavy (non-hydrogen) atoms. The zero-order chi connectivity index (χ0) is 21.6. The molecule has 3 aromatic rings. The van der Waals surface area contributed by atoms with Gasteiger partial charge in [-0.3, -0.25) is 4.79 Å². The summed E-state index contributed by atoms with van der Waals surface area (Å²) in [6, 6.07) is 14.5. The fourth-order valence-corrected chi connectivity index (χ4v) is 4.84. The third-order valence-electron chi connectivity index (χ3n) is 4.74. The summed E-state index contributed by atoms with van der Waals surface area (Å²) in [5.41, 5.74) is 1.71. The van der Waals surface area contributed by atoms with Crippen LogP contribution in [0, 0.1) is 0 Å². The molecule has 1 atom stereocenters. The number of hydrazone groups is 1. The number of amides is 1. The number of esters is 1. The summed E-state index contributed by atoms with van der Waals surface area (Å²) >= 11 is 3.15. The van der Waals surface area contributed by atoms with Gasteiger partial charge in [-0.25, -0.2) is 9.80 Å². The van der Waals surface area contributed by atoms with Gasteiger partial charge in [0, 0.05) is 23.5 Å². The van der Waals surface area contributed by atoms with Crippen LogP contribution >= 0.6 is 22.7 Å². The third-order valence-corrected chi connectivity index (χ3v) is 6.64. The Bertz CT molecular complexity index is 1060. The number of para-hydroxylation sites is 1. The first-order chi connectivity index (χ1) is 15.2. The molecule has 0 spiro atoms. The maximum absolute atomic E-state index is 13.0. The van der Waals surface area contributed by atoms with E-state index in [1.165, 1.54) is 5.01 Å². The van der Waals surface area contributed by atoms with Crippen LogP contribution in [0.3, 0.4) is 0 Å². The Kier molecular flexibility index (Phi) is 6.76. The number of anilines is 1. The summed E-state index contributed by atoms with van der Waals surface area (Å²) in [6.45, 7) is -0.165. The molecule has 1 aliphatic heterocycles. The summed E-state index contributed by atoms with van der Waals surface area (Å²) in [6.07, 6.45) is 0.620. The van der Waals surface area contributed by atoms with Crippen LogP contribution in [0.2, 0.25) is 0 Å². The van der Waals surface area contributed by atoms with Gasteiger partial charge in [0.05, 0.1) is 28.8 Å². The quantitative estimate of drug-likeness (QED) is 0.505. The van der Waals surface area contributed by atoms with E-state index < -0.39 is 12.6 Å². The van der Waals surface area contributed by atoms with Crippen molar-refractivity contribution in [3.8, 4) is 0 Å². The first-order valence-electron chi connectivity index (χ1n) is 9.75. The lowest BCUT2D eigenvalue weighted by Gasteiger charge is -2.20. The molecule has 0 fully saturated rings. The molecule has 3 heterocycles. The van der Waals surface area contributed by atoms with Crippen molar-refractivity contribution < 1.29 is 19.4 Å². The smallest absolute Gasteiger partial charge is 0.340 e. The molecule has 0 aliphatic carbocycles. The van der Waals surface area contributed by atoms with Crippen molar-refractivity contribution >= 4 is 45.9 Å². The fourth-order valence-electron chi connectivity index (χ4n) is 3.31. The third kappa shape index (κ3) is 4.84. The Hall–Kier alpha value is -3.01. The zero-order valence-electron chi connectivity index (χ0n) is 16.6. The Morgan fingerprint density at radius 1 is 1.13 bits per heavy atom. The topological polar surface area (TPSA) is 91.2 Å². The van der Waals surface area contributed by atoms with E-state index in [0.717, 1.165) is 15.5 Å². The molecular weight excluding hydrogens is 434 g/mol. The van der Waals surface area contributed by atoms with Crippen molar-refractivity contribution in [2.45, 2.75) is 12.5 Å². The predicted molar refractivity (Wildman–Crippen MR) is 122 cm³/mol. The van der Waals surface area contributed by atoms with Crippen molar-refractivity contribution in [3.05, 3.63) is 74.6 Å². The van der Waals surface area contributed by atoms with Gasteiger partial charge in [0.2, 0.25) is 0 Å². The Balaban J connectivity index is 1.47. The fraction of sp³-hybridized carbons (Fsp3) is 0.227. The minimum absolute atomic E-state index is 0.0640. The SMILES string of the molecule is O=C(OCC(=O)N1N=C(c2cccs2)CC1c1cccs1)c1ccccc1NCCO. The van der Waals surface area contributed by atoms with Gasteiger partial charge in [-0.15, -0.1) is 22.7 Å². The largest absolute Gasteiger partial charge is 0.452 e. The number of rotatable bonds is 8. The van der Waals surface area contributed by atoms with Crippen LogP contribution in [0.25, 0.3) is 0 Å². The van der Waals surface area contributed by atoms with Crippen LogP contribution < -0.4 is 5.32 Å². The van der Waals surface area contributed by atoms with Gasteiger partial charge in [-0.2, -0.15) is 5.10 Å². The molecule has 2 aromatic heterocycles. The number of benzene rings is 1. The van der Waals surface area contributed by atoms with E-state index in [1.54, 1.807) is 46.9 Å². The molecule has 1 aliphatic rings. The van der Waals surface area contributed by atoms with Gasteiger partial charge in [0.1, 0.15) is 0 Å². The number of aliphatic hydroxyl groups is 1. The number of carbonyl (C=O) groups is 2. The first kappa shape index (κ1) is 21.2. The Morgan fingerprint density at radius 3 is 2.68 bits per heavy atom. The summed E-state index contributed by atoms with van der Waals surface area (Å²) in [5.74, 6) is -0.983. The second-order valence-electron chi connectivity index (χ2n) is 6.77. The number of ether oxygens (including phenoxy) is 1. The van der Waals surface area contributed by atoms with Crippen molar-refractivity contribution in [1.82, 2.24) is 5.01 Å². The van der Waals surface area contributed by atoms with Crippen molar-refractivity contribution in [2.75, 3.05) is 25.1 Å². The molecule has 4 rings (SSSR count). The molecule has 0 radical (unpaired) electrons. The molecule has 1 amide bonds. The van der Waals surface area contributed by atoms with E-state index in [0.29, 0.717) is 24.2 Å². The molecule has 1 unspecified atom stereocenters. The number of carbonyl (C=O) groups excluding carboxylic acids is 2. The summed E-state index contributed by atoms with van der Waals surface area (Å²) in [7, 11) is 0. The van der Waals surface area contributed by atoms with Gasteiger partial charge in [0.15, 0.2) is 6.61 Å². The zero-order valence-corrected chi connectivity index (χ0v) is 18.2. The van der Waals surface area contributed by atoms with Gasteiger partial charge in [-0.05, 0) is 35.0 Å². The highest BCUT2D eigenvalue weighted by atomic mass is 32.1. The Labute approximate surface area is 187 Å². The number of nitrogens with zero attached hydrogens (tertiary/aromatic N) is 2. The molecule has 1 aromatic carbocycles.